The van der Waals surface area contributed by atoms with E-state index in [4.69, 9.17) is 0 Å². The maximum atomic E-state index is 13.9. The number of fused-ring (bicyclic) bond motifs is 1. The number of aryl methyl sites for hydroxylation is 2. The fraction of sp³-hybridized carbons (Fsp3) is 0.412. The molecule has 1 amide bonds. The molecule has 2 N–H and O–H groups in total. The van der Waals surface area contributed by atoms with Gasteiger partial charge in [0.05, 0.1) is 18.2 Å². The van der Waals surface area contributed by atoms with Gasteiger partial charge >= 0.3 is 0 Å². The van der Waals surface area contributed by atoms with Crippen LogP contribution in [-0.4, -0.2) is 16.1 Å². The second-order valence-corrected chi connectivity index (χ2v) is 6.06. The minimum absolute atomic E-state index is 0.167. The van der Waals surface area contributed by atoms with Crippen LogP contribution in [0.4, 0.5) is 8.78 Å². The largest absolute Gasteiger partial charge is 0.349 e. The first kappa shape index (κ1) is 15.6. The zero-order chi connectivity index (χ0) is 16.6. The van der Waals surface area contributed by atoms with Crippen molar-refractivity contribution in [2.45, 2.75) is 45.6 Å². The van der Waals surface area contributed by atoms with Crippen molar-refractivity contribution in [1.29, 1.82) is 0 Å². The minimum atomic E-state index is -0.607. The van der Waals surface area contributed by atoms with E-state index in [9.17, 15) is 13.6 Å². The molecule has 0 aliphatic heterocycles. The first-order valence-electron chi connectivity index (χ1n) is 7.73. The van der Waals surface area contributed by atoms with Crippen molar-refractivity contribution in [3.8, 4) is 0 Å². The lowest BCUT2D eigenvalue weighted by Crippen LogP contribution is -2.32. The third-order valence-corrected chi connectivity index (χ3v) is 4.44. The van der Waals surface area contributed by atoms with E-state index in [1.54, 1.807) is 0 Å². The summed E-state index contributed by atoms with van der Waals surface area (Å²) in [5, 5.41) is 9.83. The van der Waals surface area contributed by atoms with Crippen molar-refractivity contribution in [2.75, 3.05) is 0 Å². The summed E-state index contributed by atoms with van der Waals surface area (Å²) in [4.78, 5) is 12.3. The Balaban J connectivity index is 1.78. The van der Waals surface area contributed by atoms with E-state index in [1.807, 2.05) is 13.8 Å². The summed E-state index contributed by atoms with van der Waals surface area (Å²) >= 11 is 0. The molecule has 1 heterocycles. The molecule has 4 nitrogen and oxygen atoms in total. The fourth-order valence-corrected chi connectivity index (χ4v) is 3.23. The van der Waals surface area contributed by atoms with Gasteiger partial charge in [-0.2, -0.15) is 5.10 Å². The van der Waals surface area contributed by atoms with Gasteiger partial charge in [-0.25, -0.2) is 8.78 Å². The first-order valence-corrected chi connectivity index (χ1v) is 7.73. The molecular formula is C17H19F2N3O. The van der Waals surface area contributed by atoms with Crippen molar-refractivity contribution in [2.24, 2.45) is 0 Å². The van der Waals surface area contributed by atoms with Crippen molar-refractivity contribution >= 4 is 5.91 Å². The normalized spacial score (nSPS) is 17.0. The molecule has 0 saturated carbocycles. The average molecular weight is 319 g/mol. The monoisotopic (exact) mass is 319 g/mol. The number of aromatic amines is 1. The molecule has 3 rings (SSSR count). The van der Waals surface area contributed by atoms with Crippen LogP contribution in [0.1, 0.15) is 47.0 Å². The molecular weight excluding hydrogens is 300 g/mol. The number of H-pyrrole nitrogens is 1. The summed E-state index contributed by atoms with van der Waals surface area (Å²) in [5.74, 6) is -1.30. The molecule has 1 atom stereocenters. The Bertz CT molecular complexity index is 735. The van der Waals surface area contributed by atoms with Crippen molar-refractivity contribution in [1.82, 2.24) is 15.5 Å². The second kappa shape index (κ2) is 6.10. The van der Waals surface area contributed by atoms with Gasteiger partial charge < -0.3 is 5.32 Å². The molecule has 1 aliphatic carbocycles. The SMILES string of the molecule is Cc1n[nH]c(C)c1CC(=O)N[C@@H]1CCCc2c(F)cc(F)cc21. The van der Waals surface area contributed by atoms with Crippen LogP contribution in [-0.2, 0) is 17.6 Å². The smallest absolute Gasteiger partial charge is 0.225 e. The molecule has 0 spiro atoms. The molecule has 6 heteroatoms. The van der Waals surface area contributed by atoms with E-state index in [-0.39, 0.29) is 18.4 Å². The molecule has 1 aliphatic rings. The fourth-order valence-electron chi connectivity index (χ4n) is 3.23. The minimum Gasteiger partial charge on any atom is -0.349 e. The molecule has 0 fully saturated rings. The van der Waals surface area contributed by atoms with Gasteiger partial charge in [-0.1, -0.05) is 0 Å². The molecule has 23 heavy (non-hydrogen) atoms. The highest BCUT2D eigenvalue weighted by atomic mass is 19.1. The Hall–Kier alpha value is -2.24. The van der Waals surface area contributed by atoms with Crippen LogP contribution < -0.4 is 5.32 Å². The highest BCUT2D eigenvalue weighted by Crippen LogP contribution is 2.32. The number of halogens is 2. The number of nitrogens with one attached hydrogen (secondary N) is 2. The number of aromatic nitrogens is 2. The molecule has 0 unspecified atom stereocenters. The molecule has 1 aromatic carbocycles. The third-order valence-electron chi connectivity index (χ3n) is 4.44. The Kier molecular flexibility index (Phi) is 4.15. The lowest BCUT2D eigenvalue weighted by atomic mass is 9.87. The Morgan fingerprint density at radius 1 is 1.39 bits per heavy atom. The van der Waals surface area contributed by atoms with E-state index in [0.29, 0.717) is 24.0 Å². The van der Waals surface area contributed by atoms with Gasteiger partial charge in [0, 0.05) is 17.3 Å². The number of benzene rings is 1. The molecule has 0 radical (unpaired) electrons. The van der Waals surface area contributed by atoms with Gasteiger partial charge in [0.1, 0.15) is 11.6 Å². The highest BCUT2D eigenvalue weighted by Gasteiger charge is 2.25. The summed E-state index contributed by atoms with van der Waals surface area (Å²) in [6, 6.07) is 1.89. The van der Waals surface area contributed by atoms with Gasteiger partial charge in [0.25, 0.3) is 0 Å². The number of hydrogen-bond donors (Lipinski definition) is 2. The summed E-state index contributed by atoms with van der Waals surface area (Å²) in [5.41, 5.74) is 3.59. The number of hydrogen-bond acceptors (Lipinski definition) is 2. The number of nitrogens with zero attached hydrogens (tertiary/aromatic N) is 1. The first-order chi connectivity index (χ1) is 11.0. The molecule has 0 saturated heterocycles. The zero-order valence-corrected chi connectivity index (χ0v) is 13.2. The van der Waals surface area contributed by atoms with Crippen LogP contribution in [0.2, 0.25) is 0 Å². The number of amides is 1. The van der Waals surface area contributed by atoms with Crippen LogP contribution in [0.3, 0.4) is 0 Å². The standard InChI is InChI=1S/C17H19F2N3O/c1-9-13(10(2)22-21-9)8-17(23)20-16-5-3-4-12-14(16)6-11(18)7-15(12)19/h6-7,16H,3-5,8H2,1-2H3,(H,20,23)(H,21,22)/t16-/m1/s1. The molecule has 1 aromatic heterocycles. The Morgan fingerprint density at radius 2 is 2.17 bits per heavy atom. The van der Waals surface area contributed by atoms with E-state index in [1.165, 1.54) is 6.07 Å². The van der Waals surface area contributed by atoms with Gasteiger partial charge in [-0.05, 0) is 50.3 Å². The number of rotatable bonds is 3. The van der Waals surface area contributed by atoms with Crippen LogP contribution in [0.25, 0.3) is 0 Å². The maximum Gasteiger partial charge on any atom is 0.225 e. The Morgan fingerprint density at radius 3 is 2.87 bits per heavy atom. The number of carbonyl (C=O) groups is 1. The number of carbonyl (C=O) groups excluding carboxylic acids is 1. The van der Waals surface area contributed by atoms with Crippen molar-refractivity contribution in [3.63, 3.8) is 0 Å². The van der Waals surface area contributed by atoms with E-state index < -0.39 is 11.6 Å². The van der Waals surface area contributed by atoms with E-state index >= 15 is 0 Å². The predicted molar refractivity (Wildman–Crippen MR) is 81.9 cm³/mol. The third kappa shape index (κ3) is 3.11. The van der Waals surface area contributed by atoms with Crippen LogP contribution >= 0.6 is 0 Å². The molecule has 122 valence electrons. The zero-order valence-electron chi connectivity index (χ0n) is 13.2. The predicted octanol–water partition coefficient (Wildman–Crippen LogP) is 3.04. The Labute approximate surface area is 133 Å². The van der Waals surface area contributed by atoms with Crippen LogP contribution in [0.15, 0.2) is 12.1 Å². The topological polar surface area (TPSA) is 57.8 Å². The summed E-state index contributed by atoms with van der Waals surface area (Å²) in [6.45, 7) is 3.70. The quantitative estimate of drug-likeness (QED) is 0.913. The van der Waals surface area contributed by atoms with Gasteiger partial charge in [-0.3, -0.25) is 9.89 Å². The van der Waals surface area contributed by atoms with Crippen LogP contribution in [0, 0.1) is 25.5 Å². The van der Waals surface area contributed by atoms with Crippen molar-refractivity contribution in [3.05, 3.63) is 51.8 Å². The average Bonchev–Trinajstić information content (AvgIpc) is 2.80. The van der Waals surface area contributed by atoms with Gasteiger partial charge in [0.2, 0.25) is 5.91 Å². The highest BCUT2D eigenvalue weighted by molar-refractivity contribution is 5.79. The second-order valence-electron chi connectivity index (χ2n) is 6.06. The summed E-state index contributed by atoms with van der Waals surface area (Å²) < 4.78 is 27.4. The maximum absolute atomic E-state index is 13.9. The van der Waals surface area contributed by atoms with Crippen molar-refractivity contribution < 1.29 is 13.6 Å². The molecule has 0 bridgehead atoms. The lowest BCUT2D eigenvalue weighted by molar-refractivity contribution is -0.121. The van der Waals surface area contributed by atoms with Crippen LogP contribution in [0.5, 0.6) is 0 Å². The van der Waals surface area contributed by atoms with Gasteiger partial charge in [0.15, 0.2) is 0 Å². The van der Waals surface area contributed by atoms with E-state index in [2.05, 4.69) is 15.5 Å². The summed E-state index contributed by atoms with van der Waals surface area (Å²) in [6.07, 6.45) is 2.24. The summed E-state index contributed by atoms with van der Waals surface area (Å²) in [7, 11) is 0. The lowest BCUT2D eigenvalue weighted by Gasteiger charge is -2.27. The van der Waals surface area contributed by atoms with Gasteiger partial charge in [-0.15, -0.1) is 0 Å². The van der Waals surface area contributed by atoms with E-state index in [0.717, 1.165) is 29.4 Å². The molecule has 2 aromatic rings.